The van der Waals surface area contributed by atoms with Gasteiger partial charge in [-0.2, -0.15) is 0 Å². The standard InChI is InChI=1S/C20H32/c1-14-12-20-11-8-16-18(2,3)9-5-10-19(16,4)17(20)7-6-15(14)13-20/h15-17H,1,5-13H2,2-4H3/t15-,16?,17?,19-,20-/m1/s1. The summed E-state index contributed by atoms with van der Waals surface area (Å²) in [7, 11) is 0. The maximum absolute atomic E-state index is 4.44. The van der Waals surface area contributed by atoms with Crippen LogP contribution in [0.1, 0.15) is 78.6 Å². The predicted molar refractivity (Wildman–Crippen MR) is 85.5 cm³/mol. The van der Waals surface area contributed by atoms with Gasteiger partial charge >= 0.3 is 0 Å². The van der Waals surface area contributed by atoms with Crippen LogP contribution in [-0.4, -0.2) is 0 Å². The van der Waals surface area contributed by atoms with E-state index in [9.17, 15) is 0 Å². The molecule has 5 atom stereocenters. The summed E-state index contributed by atoms with van der Waals surface area (Å²) < 4.78 is 0. The lowest BCUT2D eigenvalue weighted by atomic mass is 9.41. The maximum Gasteiger partial charge on any atom is -0.0200 e. The molecule has 4 fully saturated rings. The van der Waals surface area contributed by atoms with Crippen LogP contribution in [0, 0.1) is 34.0 Å². The zero-order valence-corrected chi connectivity index (χ0v) is 13.8. The molecule has 1 spiro atoms. The Kier molecular flexibility index (Phi) is 2.63. The van der Waals surface area contributed by atoms with Crippen LogP contribution in [-0.2, 0) is 0 Å². The van der Waals surface area contributed by atoms with Crippen molar-refractivity contribution in [2.24, 2.45) is 34.0 Å². The highest BCUT2D eigenvalue weighted by Gasteiger charge is 2.62. The fourth-order valence-electron chi connectivity index (χ4n) is 7.68. The largest absolute Gasteiger partial charge is 0.0996 e. The van der Waals surface area contributed by atoms with Gasteiger partial charge in [-0.3, -0.25) is 0 Å². The molecule has 0 N–H and O–H groups in total. The van der Waals surface area contributed by atoms with Gasteiger partial charge in [0.25, 0.3) is 0 Å². The van der Waals surface area contributed by atoms with Crippen molar-refractivity contribution < 1.29 is 0 Å². The van der Waals surface area contributed by atoms with E-state index in [-0.39, 0.29) is 0 Å². The lowest BCUT2D eigenvalue weighted by molar-refractivity contribution is -0.144. The van der Waals surface area contributed by atoms with E-state index in [4.69, 9.17) is 0 Å². The van der Waals surface area contributed by atoms with Gasteiger partial charge in [0.2, 0.25) is 0 Å². The Bertz CT molecular complexity index is 445. The molecule has 0 heterocycles. The van der Waals surface area contributed by atoms with Crippen LogP contribution < -0.4 is 0 Å². The number of rotatable bonds is 0. The van der Waals surface area contributed by atoms with Crippen molar-refractivity contribution in [1.29, 1.82) is 0 Å². The van der Waals surface area contributed by atoms with Crippen molar-refractivity contribution in [3.8, 4) is 0 Å². The van der Waals surface area contributed by atoms with Gasteiger partial charge in [-0.25, -0.2) is 0 Å². The second-order valence-corrected chi connectivity index (χ2v) is 9.67. The molecular weight excluding hydrogens is 240 g/mol. The maximum atomic E-state index is 4.44. The first kappa shape index (κ1) is 13.4. The van der Waals surface area contributed by atoms with Gasteiger partial charge in [-0.05, 0) is 85.4 Å². The molecule has 0 radical (unpaired) electrons. The molecule has 0 nitrogen and oxygen atoms in total. The first-order chi connectivity index (χ1) is 9.37. The smallest absolute Gasteiger partial charge is 0.0200 e. The van der Waals surface area contributed by atoms with Gasteiger partial charge in [0.1, 0.15) is 0 Å². The molecule has 0 aliphatic heterocycles. The molecule has 4 rings (SSSR count). The van der Waals surface area contributed by atoms with Gasteiger partial charge in [0, 0.05) is 0 Å². The molecule has 4 aliphatic rings. The number of fused-ring (bicyclic) bond motifs is 3. The topological polar surface area (TPSA) is 0 Å². The van der Waals surface area contributed by atoms with Gasteiger partial charge in [-0.15, -0.1) is 0 Å². The van der Waals surface area contributed by atoms with Crippen LogP contribution in [0.3, 0.4) is 0 Å². The van der Waals surface area contributed by atoms with Gasteiger partial charge in [0.15, 0.2) is 0 Å². The predicted octanol–water partition coefficient (Wildman–Crippen LogP) is 5.98. The van der Waals surface area contributed by atoms with Crippen LogP contribution in [0.4, 0.5) is 0 Å². The summed E-state index contributed by atoms with van der Waals surface area (Å²) in [5, 5.41) is 0. The van der Waals surface area contributed by atoms with Crippen molar-refractivity contribution in [3.63, 3.8) is 0 Å². The van der Waals surface area contributed by atoms with E-state index in [1.807, 2.05) is 0 Å². The minimum Gasteiger partial charge on any atom is -0.0996 e. The number of hydrogen-bond acceptors (Lipinski definition) is 0. The summed E-state index contributed by atoms with van der Waals surface area (Å²) in [6, 6.07) is 0. The third-order valence-electron chi connectivity index (χ3n) is 8.36. The Labute approximate surface area is 125 Å². The SMILES string of the molecule is C=C1C[C@@]23CCC4C(C)(C)CCC[C@@]4(C)C2CC[C@@H]1C3. The van der Waals surface area contributed by atoms with Crippen molar-refractivity contribution in [1.82, 2.24) is 0 Å². The minimum absolute atomic E-state index is 0.584. The second kappa shape index (κ2) is 3.93. The van der Waals surface area contributed by atoms with E-state index in [0.29, 0.717) is 16.2 Å². The van der Waals surface area contributed by atoms with Crippen molar-refractivity contribution in [2.45, 2.75) is 78.6 Å². The van der Waals surface area contributed by atoms with Crippen LogP contribution in [0.2, 0.25) is 0 Å². The Morgan fingerprint density at radius 2 is 1.75 bits per heavy atom. The zero-order chi connectivity index (χ0) is 14.2. The number of hydrogen-bond donors (Lipinski definition) is 0. The molecule has 4 aliphatic carbocycles. The highest BCUT2D eigenvalue weighted by molar-refractivity contribution is 5.22. The molecule has 0 heteroatoms. The monoisotopic (exact) mass is 272 g/mol. The quantitative estimate of drug-likeness (QED) is 0.476. The van der Waals surface area contributed by atoms with E-state index < -0.39 is 0 Å². The molecule has 0 saturated heterocycles. The van der Waals surface area contributed by atoms with E-state index in [1.165, 1.54) is 57.8 Å². The van der Waals surface area contributed by atoms with E-state index in [2.05, 4.69) is 27.4 Å². The molecule has 0 amide bonds. The van der Waals surface area contributed by atoms with Crippen LogP contribution in [0.5, 0.6) is 0 Å². The fourth-order valence-corrected chi connectivity index (χ4v) is 7.68. The Morgan fingerprint density at radius 3 is 2.55 bits per heavy atom. The average molecular weight is 272 g/mol. The first-order valence-electron chi connectivity index (χ1n) is 9.05. The Balaban J connectivity index is 1.74. The normalized spacial score (nSPS) is 53.4. The first-order valence-corrected chi connectivity index (χ1v) is 9.05. The lowest BCUT2D eigenvalue weighted by Crippen LogP contribution is -2.55. The van der Waals surface area contributed by atoms with Crippen molar-refractivity contribution in [3.05, 3.63) is 12.2 Å². The average Bonchev–Trinajstić information content (AvgIpc) is 2.58. The van der Waals surface area contributed by atoms with Crippen molar-refractivity contribution in [2.75, 3.05) is 0 Å². The van der Waals surface area contributed by atoms with Gasteiger partial charge in [0.05, 0.1) is 0 Å². The summed E-state index contributed by atoms with van der Waals surface area (Å²) >= 11 is 0. The highest BCUT2D eigenvalue weighted by atomic mass is 14.7. The highest BCUT2D eigenvalue weighted by Crippen LogP contribution is 2.72. The second-order valence-electron chi connectivity index (χ2n) is 9.67. The summed E-state index contributed by atoms with van der Waals surface area (Å²) in [4.78, 5) is 0. The van der Waals surface area contributed by atoms with Crippen LogP contribution in [0.25, 0.3) is 0 Å². The lowest BCUT2D eigenvalue weighted by Gasteiger charge is -2.64. The zero-order valence-electron chi connectivity index (χ0n) is 13.8. The third kappa shape index (κ3) is 1.54. The summed E-state index contributed by atoms with van der Waals surface area (Å²) in [6.07, 6.45) is 13.3. The van der Waals surface area contributed by atoms with E-state index >= 15 is 0 Å². The molecule has 2 unspecified atom stereocenters. The summed E-state index contributed by atoms with van der Waals surface area (Å²) in [5.41, 5.74) is 3.51. The van der Waals surface area contributed by atoms with E-state index in [1.54, 1.807) is 5.57 Å². The molecule has 0 aromatic carbocycles. The minimum atomic E-state index is 0.584. The van der Waals surface area contributed by atoms with Crippen LogP contribution in [0.15, 0.2) is 12.2 Å². The molecule has 4 saturated carbocycles. The molecule has 2 bridgehead atoms. The molecular formula is C20H32. The Hall–Kier alpha value is -0.260. The van der Waals surface area contributed by atoms with Crippen LogP contribution >= 0.6 is 0 Å². The van der Waals surface area contributed by atoms with E-state index in [0.717, 1.165) is 17.8 Å². The molecule has 20 heavy (non-hydrogen) atoms. The third-order valence-corrected chi connectivity index (χ3v) is 8.36. The van der Waals surface area contributed by atoms with Gasteiger partial charge < -0.3 is 0 Å². The van der Waals surface area contributed by atoms with Crippen molar-refractivity contribution >= 4 is 0 Å². The number of allylic oxidation sites excluding steroid dienone is 1. The Morgan fingerprint density at radius 1 is 0.950 bits per heavy atom. The molecule has 0 aromatic rings. The molecule has 112 valence electrons. The molecule has 0 aromatic heterocycles. The summed E-state index contributed by atoms with van der Waals surface area (Å²) in [6.45, 7) is 12.2. The summed E-state index contributed by atoms with van der Waals surface area (Å²) in [5.74, 6) is 2.87. The van der Waals surface area contributed by atoms with Gasteiger partial charge in [-0.1, -0.05) is 39.3 Å². The fraction of sp³-hybridized carbons (Fsp3) is 0.900.